The van der Waals surface area contributed by atoms with E-state index in [0.29, 0.717) is 5.69 Å². The summed E-state index contributed by atoms with van der Waals surface area (Å²) in [5, 5.41) is 0. The number of rotatable bonds is 2. The molecule has 3 nitrogen and oxygen atoms in total. The van der Waals surface area contributed by atoms with E-state index in [1.54, 1.807) is 7.11 Å². The van der Waals surface area contributed by atoms with Gasteiger partial charge in [-0.15, -0.1) is 0 Å². The van der Waals surface area contributed by atoms with Crippen molar-refractivity contribution in [2.45, 2.75) is 13.8 Å². The molecular formula is C13H15NO2. The van der Waals surface area contributed by atoms with Crippen LogP contribution in [-0.4, -0.2) is 7.11 Å². The third kappa shape index (κ3) is 1.76. The summed E-state index contributed by atoms with van der Waals surface area (Å²) < 4.78 is 10.8. The van der Waals surface area contributed by atoms with Crippen LogP contribution in [0.4, 0.5) is 5.69 Å². The number of aryl methyl sites for hydroxylation is 2. The van der Waals surface area contributed by atoms with Gasteiger partial charge in [0.05, 0.1) is 7.11 Å². The summed E-state index contributed by atoms with van der Waals surface area (Å²) in [5.41, 5.74) is 8.47. The van der Waals surface area contributed by atoms with Crippen LogP contribution < -0.4 is 10.5 Å². The van der Waals surface area contributed by atoms with E-state index >= 15 is 0 Å². The van der Waals surface area contributed by atoms with Crippen molar-refractivity contribution in [3.05, 3.63) is 35.8 Å². The molecule has 0 saturated heterocycles. The maximum atomic E-state index is 5.72. The highest BCUT2D eigenvalue weighted by Gasteiger charge is 2.12. The standard InChI is InChI=1S/C13H15NO2/c1-8-6-12(9(2)16-8)11-5-4-10(14)7-13(11)15-3/h4-7H,14H2,1-3H3. The number of nitrogens with two attached hydrogens (primary N) is 1. The Balaban J connectivity index is 2.59. The molecule has 0 bridgehead atoms. The van der Waals surface area contributed by atoms with Gasteiger partial charge in [-0.25, -0.2) is 0 Å². The Hall–Kier alpha value is -1.90. The lowest BCUT2D eigenvalue weighted by Crippen LogP contribution is -1.91. The predicted octanol–water partition coefficient (Wildman–Crippen LogP) is 3.15. The van der Waals surface area contributed by atoms with Gasteiger partial charge in [-0.1, -0.05) is 0 Å². The first-order valence-corrected chi connectivity index (χ1v) is 5.12. The Morgan fingerprint density at radius 3 is 2.44 bits per heavy atom. The van der Waals surface area contributed by atoms with Gasteiger partial charge in [0.15, 0.2) is 0 Å². The predicted molar refractivity (Wildman–Crippen MR) is 64.6 cm³/mol. The monoisotopic (exact) mass is 217 g/mol. The topological polar surface area (TPSA) is 48.4 Å². The smallest absolute Gasteiger partial charge is 0.128 e. The lowest BCUT2D eigenvalue weighted by atomic mass is 10.0. The summed E-state index contributed by atoms with van der Waals surface area (Å²) in [6, 6.07) is 7.63. The van der Waals surface area contributed by atoms with Crippen LogP contribution in [0.1, 0.15) is 11.5 Å². The molecule has 0 radical (unpaired) electrons. The lowest BCUT2D eigenvalue weighted by molar-refractivity contribution is 0.416. The van der Waals surface area contributed by atoms with Crippen LogP contribution in [0.3, 0.4) is 0 Å². The maximum Gasteiger partial charge on any atom is 0.128 e. The number of benzene rings is 1. The zero-order chi connectivity index (χ0) is 11.7. The molecule has 0 aliphatic carbocycles. The number of hydrogen-bond donors (Lipinski definition) is 1. The Morgan fingerprint density at radius 2 is 1.88 bits per heavy atom. The van der Waals surface area contributed by atoms with Gasteiger partial charge in [-0.05, 0) is 32.0 Å². The minimum atomic E-state index is 0.693. The normalized spacial score (nSPS) is 10.4. The first-order chi connectivity index (χ1) is 7.61. The van der Waals surface area contributed by atoms with Crippen LogP contribution in [0, 0.1) is 13.8 Å². The molecule has 0 aliphatic rings. The van der Waals surface area contributed by atoms with E-state index in [2.05, 4.69) is 0 Å². The molecule has 0 spiro atoms. The van der Waals surface area contributed by atoms with Gasteiger partial charge in [0.1, 0.15) is 17.3 Å². The molecule has 2 N–H and O–H groups in total. The molecular weight excluding hydrogens is 202 g/mol. The molecule has 16 heavy (non-hydrogen) atoms. The molecule has 0 unspecified atom stereocenters. The van der Waals surface area contributed by atoms with Crippen molar-refractivity contribution in [2.24, 2.45) is 0 Å². The van der Waals surface area contributed by atoms with Crippen molar-refractivity contribution < 1.29 is 9.15 Å². The van der Waals surface area contributed by atoms with Gasteiger partial charge in [0.25, 0.3) is 0 Å². The van der Waals surface area contributed by atoms with Crippen molar-refractivity contribution in [3.63, 3.8) is 0 Å². The molecule has 0 atom stereocenters. The van der Waals surface area contributed by atoms with E-state index in [1.165, 1.54) is 0 Å². The van der Waals surface area contributed by atoms with E-state index in [0.717, 1.165) is 28.4 Å². The van der Waals surface area contributed by atoms with Gasteiger partial charge >= 0.3 is 0 Å². The zero-order valence-electron chi connectivity index (χ0n) is 9.70. The summed E-state index contributed by atoms with van der Waals surface area (Å²) in [4.78, 5) is 0. The second kappa shape index (κ2) is 3.93. The third-order valence-electron chi connectivity index (χ3n) is 2.56. The van der Waals surface area contributed by atoms with Crippen LogP contribution in [0.25, 0.3) is 11.1 Å². The molecule has 0 aliphatic heterocycles. The highest BCUT2D eigenvalue weighted by Crippen LogP contribution is 2.35. The van der Waals surface area contributed by atoms with Crippen LogP contribution in [0.5, 0.6) is 5.75 Å². The fraction of sp³-hybridized carbons (Fsp3) is 0.231. The van der Waals surface area contributed by atoms with Crippen molar-refractivity contribution in [3.8, 4) is 16.9 Å². The number of hydrogen-bond acceptors (Lipinski definition) is 3. The Labute approximate surface area is 94.8 Å². The molecule has 0 amide bonds. The molecule has 1 aromatic carbocycles. The Kier molecular flexibility index (Phi) is 2.60. The SMILES string of the molecule is COc1cc(N)ccc1-c1cc(C)oc1C. The third-order valence-corrected chi connectivity index (χ3v) is 2.56. The molecule has 3 heteroatoms. The fourth-order valence-electron chi connectivity index (χ4n) is 1.83. The minimum Gasteiger partial charge on any atom is -0.496 e. The zero-order valence-corrected chi connectivity index (χ0v) is 9.70. The number of nitrogen functional groups attached to an aromatic ring is 1. The lowest BCUT2D eigenvalue weighted by Gasteiger charge is -2.08. The molecule has 84 valence electrons. The molecule has 2 aromatic rings. The van der Waals surface area contributed by atoms with Gasteiger partial charge in [0, 0.05) is 22.9 Å². The van der Waals surface area contributed by atoms with Gasteiger partial charge < -0.3 is 14.9 Å². The van der Waals surface area contributed by atoms with Crippen LogP contribution in [-0.2, 0) is 0 Å². The molecule has 1 heterocycles. The summed E-state index contributed by atoms with van der Waals surface area (Å²) in [6.07, 6.45) is 0. The fourth-order valence-corrected chi connectivity index (χ4v) is 1.83. The summed E-state index contributed by atoms with van der Waals surface area (Å²) >= 11 is 0. The van der Waals surface area contributed by atoms with E-state index < -0.39 is 0 Å². The highest BCUT2D eigenvalue weighted by molar-refractivity contribution is 5.74. The number of furan rings is 1. The second-order valence-electron chi connectivity index (χ2n) is 3.79. The highest BCUT2D eigenvalue weighted by atomic mass is 16.5. The summed E-state index contributed by atoms with van der Waals surface area (Å²) in [5.74, 6) is 2.55. The Bertz CT molecular complexity index is 515. The first kappa shape index (κ1) is 10.6. The number of ether oxygens (including phenoxy) is 1. The number of methoxy groups -OCH3 is 1. The van der Waals surface area contributed by atoms with Gasteiger partial charge in [-0.3, -0.25) is 0 Å². The molecule has 1 aromatic heterocycles. The van der Waals surface area contributed by atoms with Gasteiger partial charge in [-0.2, -0.15) is 0 Å². The molecule has 0 saturated carbocycles. The van der Waals surface area contributed by atoms with Crippen molar-refractivity contribution in [2.75, 3.05) is 12.8 Å². The quantitative estimate of drug-likeness (QED) is 0.786. The average molecular weight is 217 g/mol. The van der Waals surface area contributed by atoms with E-state index in [9.17, 15) is 0 Å². The van der Waals surface area contributed by atoms with Crippen LogP contribution >= 0.6 is 0 Å². The van der Waals surface area contributed by atoms with E-state index in [1.807, 2.05) is 38.1 Å². The Morgan fingerprint density at radius 1 is 1.12 bits per heavy atom. The molecule has 2 rings (SSSR count). The van der Waals surface area contributed by atoms with Gasteiger partial charge in [0.2, 0.25) is 0 Å². The minimum absolute atomic E-state index is 0.693. The average Bonchev–Trinajstić information content (AvgIpc) is 2.57. The maximum absolute atomic E-state index is 5.72. The van der Waals surface area contributed by atoms with Crippen molar-refractivity contribution in [1.29, 1.82) is 0 Å². The largest absolute Gasteiger partial charge is 0.496 e. The summed E-state index contributed by atoms with van der Waals surface area (Å²) in [7, 11) is 1.64. The number of anilines is 1. The van der Waals surface area contributed by atoms with E-state index in [-0.39, 0.29) is 0 Å². The van der Waals surface area contributed by atoms with Crippen molar-refractivity contribution in [1.82, 2.24) is 0 Å². The van der Waals surface area contributed by atoms with E-state index in [4.69, 9.17) is 14.9 Å². The summed E-state index contributed by atoms with van der Waals surface area (Å²) in [6.45, 7) is 3.87. The first-order valence-electron chi connectivity index (χ1n) is 5.12. The van der Waals surface area contributed by atoms with Crippen molar-refractivity contribution >= 4 is 5.69 Å². The van der Waals surface area contributed by atoms with Crippen LogP contribution in [0.2, 0.25) is 0 Å². The molecule has 0 fully saturated rings. The van der Waals surface area contributed by atoms with Crippen LogP contribution in [0.15, 0.2) is 28.7 Å². The second-order valence-corrected chi connectivity index (χ2v) is 3.79.